The molecule has 1 N–H and O–H groups in total. The Balaban J connectivity index is 1.32. The summed E-state index contributed by atoms with van der Waals surface area (Å²) in [5.41, 5.74) is 2.16. The number of amides is 1. The third-order valence-electron chi connectivity index (χ3n) is 5.60. The van der Waals surface area contributed by atoms with Gasteiger partial charge in [0.1, 0.15) is 11.6 Å². The molecule has 1 aliphatic heterocycles. The van der Waals surface area contributed by atoms with Crippen molar-refractivity contribution in [2.75, 3.05) is 18.0 Å². The Labute approximate surface area is 170 Å². The number of carbonyl (C=O) groups is 1. The van der Waals surface area contributed by atoms with Gasteiger partial charge in [-0.3, -0.25) is 9.78 Å². The van der Waals surface area contributed by atoms with Gasteiger partial charge in [0.05, 0.1) is 12.2 Å². The lowest BCUT2D eigenvalue weighted by Crippen LogP contribution is -2.41. The highest BCUT2D eigenvalue weighted by atomic mass is 16.1. The van der Waals surface area contributed by atoms with Gasteiger partial charge in [0.15, 0.2) is 0 Å². The molecule has 0 saturated carbocycles. The predicted molar refractivity (Wildman–Crippen MR) is 112 cm³/mol. The third-order valence-corrected chi connectivity index (χ3v) is 5.60. The molecule has 1 aromatic carbocycles. The molecule has 0 aliphatic carbocycles. The number of hydrogen-bond acceptors (Lipinski definition) is 5. The highest BCUT2D eigenvalue weighted by molar-refractivity contribution is 5.79. The molecule has 150 valence electrons. The Kier molecular flexibility index (Phi) is 5.55. The van der Waals surface area contributed by atoms with E-state index in [1.54, 1.807) is 24.8 Å². The van der Waals surface area contributed by atoms with Gasteiger partial charge >= 0.3 is 0 Å². The quantitative estimate of drug-likeness (QED) is 0.725. The van der Waals surface area contributed by atoms with Crippen LogP contribution in [0.3, 0.4) is 0 Å². The molecule has 1 atom stereocenters. The van der Waals surface area contributed by atoms with Crippen molar-refractivity contribution >= 4 is 11.7 Å². The Morgan fingerprint density at radius 2 is 1.86 bits per heavy atom. The largest absolute Gasteiger partial charge is 0.355 e. The van der Waals surface area contributed by atoms with Crippen molar-refractivity contribution in [3.8, 4) is 5.69 Å². The van der Waals surface area contributed by atoms with Crippen LogP contribution in [0, 0.1) is 12.8 Å². The Morgan fingerprint density at radius 3 is 2.48 bits per heavy atom. The summed E-state index contributed by atoms with van der Waals surface area (Å²) in [7, 11) is 0. The van der Waals surface area contributed by atoms with E-state index < -0.39 is 0 Å². The van der Waals surface area contributed by atoms with Crippen molar-refractivity contribution in [2.24, 2.45) is 5.92 Å². The van der Waals surface area contributed by atoms with Crippen LogP contribution in [0.2, 0.25) is 0 Å². The number of imidazole rings is 1. The molecule has 1 fully saturated rings. The maximum atomic E-state index is 12.8. The zero-order chi connectivity index (χ0) is 20.2. The van der Waals surface area contributed by atoms with Crippen molar-refractivity contribution in [1.29, 1.82) is 0 Å². The van der Waals surface area contributed by atoms with Gasteiger partial charge in [-0.25, -0.2) is 9.97 Å². The van der Waals surface area contributed by atoms with Crippen LogP contribution in [0.25, 0.3) is 5.69 Å². The van der Waals surface area contributed by atoms with Crippen LogP contribution in [0.4, 0.5) is 5.82 Å². The summed E-state index contributed by atoms with van der Waals surface area (Å²) >= 11 is 0. The van der Waals surface area contributed by atoms with Gasteiger partial charge in [-0.15, -0.1) is 0 Å². The fourth-order valence-corrected chi connectivity index (χ4v) is 3.81. The number of carbonyl (C=O) groups excluding carboxylic acids is 1. The molecular formula is C22H26N6O. The van der Waals surface area contributed by atoms with Crippen LogP contribution in [0.15, 0.2) is 55.2 Å². The number of hydrogen-bond donors (Lipinski definition) is 1. The van der Waals surface area contributed by atoms with E-state index in [1.807, 2.05) is 24.6 Å². The Morgan fingerprint density at radius 1 is 1.10 bits per heavy atom. The number of piperidine rings is 1. The minimum atomic E-state index is -0.0292. The minimum absolute atomic E-state index is 0.0292. The second kappa shape index (κ2) is 8.43. The van der Waals surface area contributed by atoms with Crippen molar-refractivity contribution in [3.63, 3.8) is 0 Å². The lowest BCUT2D eigenvalue weighted by molar-refractivity contribution is -0.126. The molecule has 1 unspecified atom stereocenters. The Hall–Kier alpha value is -3.22. The highest BCUT2D eigenvalue weighted by Gasteiger charge is 2.26. The number of nitrogens with one attached hydrogen (secondary N) is 1. The smallest absolute Gasteiger partial charge is 0.223 e. The first-order valence-electron chi connectivity index (χ1n) is 10.0. The van der Waals surface area contributed by atoms with Gasteiger partial charge in [-0.2, -0.15) is 0 Å². The van der Waals surface area contributed by atoms with Crippen LogP contribution in [-0.2, 0) is 4.79 Å². The van der Waals surface area contributed by atoms with E-state index in [0.717, 1.165) is 48.8 Å². The molecular weight excluding hydrogens is 364 g/mol. The minimum Gasteiger partial charge on any atom is -0.355 e. The maximum Gasteiger partial charge on any atom is 0.223 e. The van der Waals surface area contributed by atoms with Crippen LogP contribution in [-0.4, -0.2) is 38.5 Å². The van der Waals surface area contributed by atoms with Crippen LogP contribution in [0.5, 0.6) is 0 Å². The molecule has 4 rings (SSSR count). The number of benzene rings is 1. The molecule has 29 heavy (non-hydrogen) atoms. The summed E-state index contributed by atoms with van der Waals surface area (Å²) in [5.74, 6) is 2.00. The van der Waals surface area contributed by atoms with E-state index in [2.05, 4.69) is 49.4 Å². The van der Waals surface area contributed by atoms with Crippen molar-refractivity contribution in [3.05, 3.63) is 66.6 Å². The number of aromatic nitrogens is 4. The maximum absolute atomic E-state index is 12.8. The fraction of sp³-hybridized carbons (Fsp3) is 0.364. The van der Waals surface area contributed by atoms with Crippen LogP contribution >= 0.6 is 0 Å². The van der Waals surface area contributed by atoms with E-state index in [0.29, 0.717) is 0 Å². The molecule has 0 bridgehead atoms. The topological polar surface area (TPSA) is 75.9 Å². The molecule has 1 aliphatic rings. The monoisotopic (exact) mass is 390 g/mol. The zero-order valence-electron chi connectivity index (χ0n) is 16.8. The second-order valence-corrected chi connectivity index (χ2v) is 7.49. The molecule has 0 spiro atoms. The number of aryl methyl sites for hydroxylation is 1. The molecule has 0 radical (unpaired) electrons. The van der Waals surface area contributed by atoms with E-state index >= 15 is 0 Å². The molecule has 7 nitrogen and oxygen atoms in total. The summed E-state index contributed by atoms with van der Waals surface area (Å²) in [6.45, 7) is 5.66. The first kappa shape index (κ1) is 19.1. The molecule has 2 aromatic heterocycles. The van der Waals surface area contributed by atoms with E-state index in [1.165, 1.54) is 0 Å². The molecule has 1 amide bonds. The third kappa shape index (κ3) is 4.29. The van der Waals surface area contributed by atoms with E-state index in [9.17, 15) is 4.79 Å². The Bertz CT molecular complexity index is 945. The van der Waals surface area contributed by atoms with Gasteiger partial charge in [0, 0.05) is 49.5 Å². The average molecular weight is 390 g/mol. The fourth-order valence-electron chi connectivity index (χ4n) is 3.81. The summed E-state index contributed by atoms with van der Waals surface area (Å²) in [6.07, 6.45) is 10.5. The summed E-state index contributed by atoms with van der Waals surface area (Å²) in [6, 6.07) is 8.23. The van der Waals surface area contributed by atoms with Crippen LogP contribution in [0.1, 0.15) is 37.2 Å². The standard InChI is InChI=1S/C22H26N6O/c1-16(18-3-5-20(6-4-18)28-14-11-24-17(28)2)26-22(29)19-7-12-27(13-8-19)21-15-23-9-10-25-21/h3-6,9-11,14-16,19H,7-8,12-13H2,1-2H3,(H,26,29). The lowest BCUT2D eigenvalue weighted by atomic mass is 9.95. The van der Waals surface area contributed by atoms with Crippen molar-refractivity contribution < 1.29 is 4.79 Å². The second-order valence-electron chi connectivity index (χ2n) is 7.49. The number of anilines is 1. The first-order chi connectivity index (χ1) is 14.1. The summed E-state index contributed by atoms with van der Waals surface area (Å²) < 4.78 is 2.04. The average Bonchev–Trinajstić information content (AvgIpc) is 3.20. The normalized spacial score (nSPS) is 15.9. The van der Waals surface area contributed by atoms with Gasteiger partial charge in [-0.05, 0) is 44.4 Å². The van der Waals surface area contributed by atoms with E-state index in [-0.39, 0.29) is 17.9 Å². The van der Waals surface area contributed by atoms with Crippen LogP contribution < -0.4 is 10.2 Å². The molecule has 3 heterocycles. The summed E-state index contributed by atoms with van der Waals surface area (Å²) in [5, 5.41) is 3.18. The van der Waals surface area contributed by atoms with Crippen molar-refractivity contribution in [2.45, 2.75) is 32.7 Å². The number of rotatable bonds is 5. The van der Waals surface area contributed by atoms with Gasteiger partial charge < -0.3 is 14.8 Å². The number of nitrogens with zero attached hydrogens (tertiary/aromatic N) is 5. The highest BCUT2D eigenvalue weighted by Crippen LogP contribution is 2.23. The van der Waals surface area contributed by atoms with E-state index in [4.69, 9.17) is 0 Å². The van der Waals surface area contributed by atoms with Crippen molar-refractivity contribution in [1.82, 2.24) is 24.8 Å². The summed E-state index contributed by atoms with van der Waals surface area (Å²) in [4.78, 5) is 27.7. The first-order valence-corrected chi connectivity index (χ1v) is 10.0. The van der Waals surface area contributed by atoms with Gasteiger partial charge in [0.2, 0.25) is 5.91 Å². The lowest BCUT2D eigenvalue weighted by Gasteiger charge is -2.32. The zero-order valence-corrected chi connectivity index (χ0v) is 16.8. The molecule has 1 saturated heterocycles. The van der Waals surface area contributed by atoms with Gasteiger partial charge in [0.25, 0.3) is 0 Å². The SMILES string of the molecule is Cc1nccn1-c1ccc(C(C)NC(=O)C2CCN(c3cnccn3)CC2)cc1. The molecule has 3 aromatic rings. The predicted octanol–water partition coefficient (Wildman–Crippen LogP) is 3.06. The van der Waals surface area contributed by atoms with Gasteiger partial charge in [-0.1, -0.05) is 12.1 Å². The molecule has 7 heteroatoms.